The molecule has 0 aliphatic carbocycles. The molecule has 0 saturated carbocycles. The van der Waals surface area contributed by atoms with E-state index in [1.165, 1.54) is 50.3 Å². The molecular formula is C20H35N5S. The Morgan fingerprint density at radius 1 is 1.27 bits per heavy atom. The molecule has 2 N–H and O–H groups in total. The van der Waals surface area contributed by atoms with Crippen LogP contribution in [0, 0.1) is 5.92 Å². The molecule has 3 heterocycles. The third-order valence-corrected chi connectivity index (χ3v) is 6.26. The summed E-state index contributed by atoms with van der Waals surface area (Å²) >= 11 is 1.84. The molecule has 26 heavy (non-hydrogen) atoms. The number of hydrogen-bond donors (Lipinski definition) is 2. The molecule has 2 fully saturated rings. The van der Waals surface area contributed by atoms with E-state index in [0.29, 0.717) is 12.0 Å². The molecule has 5 nitrogen and oxygen atoms in total. The van der Waals surface area contributed by atoms with Crippen LogP contribution >= 0.6 is 11.3 Å². The highest BCUT2D eigenvalue weighted by molar-refractivity contribution is 7.14. The van der Waals surface area contributed by atoms with E-state index in [-0.39, 0.29) is 0 Å². The average molecular weight is 378 g/mol. The molecule has 1 aromatic rings. The van der Waals surface area contributed by atoms with Crippen LogP contribution in [-0.2, 0) is 0 Å². The average Bonchev–Trinajstić information content (AvgIpc) is 3.34. The number of anilines is 1. The standard InChI is InChI=1S/C20H35N5S/c1-3-21-20(22-15-17(2)16-24-10-4-5-11-24)23-18-8-12-25(13-9-18)19-7-6-14-26-19/h6-7,14,17-18H,3-5,8-13,15-16H2,1-2H3,(H2,21,22,23). The van der Waals surface area contributed by atoms with Gasteiger partial charge >= 0.3 is 0 Å². The molecule has 6 heteroatoms. The normalized spacial score (nSPS) is 21.2. The molecule has 1 unspecified atom stereocenters. The highest BCUT2D eigenvalue weighted by Gasteiger charge is 2.21. The summed E-state index contributed by atoms with van der Waals surface area (Å²) in [6, 6.07) is 4.90. The van der Waals surface area contributed by atoms with Crippen LogP contribution in [0.3, 0.4) is 0 Å². The van der Waals surface area contributed by atoms with Crippen molar-refractivity contribution in [3.63, 3.8) is 0 Å². The van der Waals surface area contributed by atoms with Crippen LogP contribution in [0.4, 0.5) is 5.00 Å². The summed E-state index contributed by atoms with van der Waals surface area (Å²) < 4.78 is 0. The van der Waals surface area contributed by atoms with Gasteiger partial charge in [0.2, 0.25) is 0 Å². The van der Waals surface area contributed by atoms with Gasteiger partial charge in [0.25, 0.3) is 0 Å². The quantitative estimate of drug-likeness (QED) is 0.566. The summed E-state index contributed by atoms with van der Waals surface area (Å²) in [5, 5.41) is 10.7. The summed E-state index contributed by atoms with van der Waals surface area (Å²) in [6.45, 7) is 12.3. The van der Waals surface area contributed by atoms with E-state index in [1.807, 2.05) is 11.3 Å². The number of guanidine groups is 1. The van der Waals surface area contributed by atoms with Crippen molar-refractivity contribution in [3.8, 4) is 0 Å². The number of aliphatic imine (C=N–C) groups is 1. The van der Waals surface area contributed by atoms with Crippen molar-refractivity contribution in [2.45, 2.75) is 45.6 Å². The molecule has 0 aromatic carbocycles. The van der Waals surface area contributed by atoms with Crippen molar-refractivity contribution in [1.29, 1.82) is 0 Å². The predicted molar refractivity (Wildman–Crippen MR) is 114 cm³/mol. The summed E-state index contributed by atoms with van der Waals surface area (Å²) in [4.78, 5) is 9.96. The van der Waals surface area contributed by atoms with E-state index in [9.17, 15) is 0 Å². The number of piperidine rings is 1. The first-order valence-electron chi connectivity index (χ1n) is 10.3. The van der Waals surface area contributed by atoms with Crippen LogP contribution in [0.15, 0.2) is 22.5 Å². The van der Waals surface area contributed by atoms with Crippen molar-refractivity contribution < 1.29 is 0 Å². The summed E-state index contributed by atoms with van der Waals surface area (Å²) in [6.07, 6.45) is 5.08. The Hall–Kier alpha value is -1.27. The van der Waals surface area contributed by atoms with Crippen molar-refractivity contribution in [2.75, 3.05) is 50.7 Å². The number of thiophene rings is 1. The third kappa shape index (κ3) is 5.88. The first-order valence-corrected chi connectivity index (χ1v) is 11.2. The van der Waals surface area contributed by atoms with Gasteiger partial charge in [0.15, 0.2) is 5.96 Å². The van der Waals surface area contributed by atoms with Gasteiger partial charge in [-0.3, -0.25) is 4.99 Å². The molecule has 1 aromatic heterocycles. The highest BCUT2D eigenvalue weighted by Crippen LogP contribution is 2.24. The molecule has 0 bridgehead atoms. The fourth-order valence-corrected chi connectivity index (χ4v) is 4.70. The van der Waals surface area contributed by atoms with Crippen molar-refractivity contribution >= 4 is 22.3 Å². The molecule has 0 amide bonds. The molecule has 3 rings (SSSR count). The van der Waals surface area contributed by atoms with Crippen molar-refractivity contribution in [3.05, 3.63) is 17.5 Å². The highest BCUT2D eigenvalue weighted by atomic mass is 32.1. The largest absolute Gasteiger partial charge is 0.363 e. The lowest BCUT2D eigenvalue weighted by molar-refractivity contribution is 0.291. The Kier molecular flexibility index (Phi) is 7.62. The van der Waals surface area contributed by atoms with Gasteiger partial charge in [0, 0.05) is 38.8 Å². The van der Waals surface area contributed by atoms with E-state index in [1.54, 1.807) is 0 Å². The van der Waals surface area contributed by atoms with Gasteiger partial charge in [0.05, 0.1) is 5.00 Å². The Balaban J connectivity index is 1.43. The molecular weight excluding hydrogens is 342 g/mol. The van der Waals surface area contributed by atoms with E-state index in [4.69, 9.17) is 4.99 Å². The fourth-order valence-electron chi connectivity index (χ4n) is 3.92. The predicted octanol–water partition coefficient (Wildman–Crippen LogP) is 3.00. The van der Waals surface area contributed by atoms with E-state index in [0.717, 1.165) is 32.1 Å². The lowest BCUT2D eigenvalue weighted by Gasteiger charge is -2.33. The lowest BCUT2D eigenvalue weighted by atomic mass is 10.1. The lowest BCUT2D eigenvalue weighted by Crippen LogP contribution is -2.48. The SMILES string of the molecule is CCNC(=NCC(C)CN1CCCC1)NC1CCN(c2cccs2)CC1. The van der Waals surface area contributed by atoms with Crippen LogP contribution in [0.2, 0.25) is 0 Å². The van der Waals surface area contributed by atoms with Crippen molar-refractivity contribution in [2.24, 2.45) is 10.9 Å². The maximum absolute atomic E-state index is 4.87. The van der Waals surface area contributed by atoms with Gasteiger partial charge in [-0.2, -0.15) is 0 Å². The monoisotopic (exact) mass is 377 g/mol. The van der Waals surface area contributed by atoms with Gasteiger partial charge in [-0.1, -0.05) is 6.92 Å². The number of nitrogens with zero attached hydrogens (tertiary/aromatic N) is 3. The van der Waals surface area contributed by atoms with Gasteiger partial charge < -0.3 is 20.4 Å². The minimum absolute atomic E-state index is 0.526. The maximum atomic E-state index is 4.87. The second-order valence-electron chi connectivity index (χ2n) is 7.69. The summed E-state index contributed by atoms with van der Waals surface area (Å²) in [5.74, 6) is 1.61. The minimum atomic E-state index is 0.526. The third-order valence-electron chi connectivity index (χ3n) is 5.33. The molecule has 2 aliphatic heterocycles. The van der Waals surface area contributed by atoms with Gasteiger partial charge in [-0.15, -0.1) is 11.3 Å². The topological polar surface area (TPSA) is 42.9 Å². The first-order chi connectivity index (χ1) is 12.7. The fraction of sp³-hybridized carbons (Fsp3) is 0.750. The number of rotatable bonds is 7. The Morgan fingerprint density at radius 2 is 2.04 bits per heavy atom. The second-order valence-corrected chi connectivity index (χ2v) is 8.62. The summed E-state index contributed by atoms with van der Waals surface area (Å²) in [5.41, 5.74) is 0. The van der Waals surface area contributed by atoms with Gasteiger partial charge in [0.1, 0.15) is 0 Å². The Morgan fingerprint density at radius 3 is 2.69 bits per heavy atom. The zero-order valence-corrected chi connectivity index (χ0v) is 17.2. The Bertz CT molecular complexity index is 530. The second kappa shape index (κ2) is 10.2. The smallest absolute Gasteiger partial charge is 0.191 e. The summed E-state index contributed by atoms with van der Waals surface area (Å²) in [7, 11) is 0. The zero-order chi connectivity index (χ0) is 18.2. The zero-order valence-electron chi connectivity index (χ0n) is 16.4. The van der Waals surface area contributed by atoms with E-state index < -0.39 is 0 Å². The number of hydrogen-bond acceptors (Lipinski definition) is 4. The van der Waals surface area contributed by atoms with Crippen LogP contribution in [-0.4, -0.2) is 62.7 Å². The number of likely N-dealkylation sites (tertiary alicyclic amines) is 1. The van der Waals surface area contributed by atoms with Crippen LogP contribution in [0.25, 0.3) is 0 Å². The Labute approximate surface area is 162 Å². The van der Waals surface area contributed by atoms with Crippen molar-refractivity contribution in [1.82, 2.24) is 15.5 Å². The van der Waals surface area contributed by atoms with Crippen LogP contribution < -0.4 is 15.5 Å². The molecule has 0 radical (unpaired) electrons. The number of nitrogens with one attached hydrogen (secondary N) is 2. The van der Waals surface area contributed by atoms with Gasteiger partial charge in [-0.05, 0) is 69.1 Å². The molecule has 146 valence electrons. The molecule has 2 aliphatic rings. The van der Waals surface area contributed by atoms with Crippen LogP contribution in [0.1, 0.15) is 39.5 Å². The van der Waals surface area contributed by atoms with Gasteiger partial charge in [-0.25, -0.2) is 0 Å². The van der Waals surface area contributed by atoms with E-state index >= 15 is 0 Å². The maximum Gasteiger partial charge on any atom is 0.191 e. The molecule has 2 saturated heterocycles. The molecule has 0 spiro atoms. The first kappa shape index (κ1) is 19.5. The minimum Gasteiger partial charge on any atom is -0.363 e. The van der Waals surface area contributed by atoms with Crippen LogP contribution in [0.5, 0.6) is 0 Å². The molecule has 1 atom stereocenters. The van der Waals surface area contributed by atoms with E-state index in [2.05, 4.69) is 51.8 Å².